The number of fused-ring (bicyclic) bond motifs is 1. The molecule has 0 amide bonds. The number of alkyl halides is 3. The summed E-state index contributed by atoms with van der Waals surface area (Å²) in [6.07, 6.45) is -6.72. The third kappa shape index (κ3) is 2.49. The molecule has 1 saturated carbocycles. The summed E-state index contributed by atoms with van der Waals surface area (Å²) < 4.78 is 52.6. The van der Waals surface area contributed by atoms with E-state index >= 15 is 0 Å². The number of rotatable bonds is 2. The molecule has 3 rings (SSSR count). The van der Waals surface area contributed by atoms with Gasteiger partial charge in [0.15, 0.2) is 6.10 Å². The van der Waals surface area contributed by atoms with Crippen LogP contribution < -0.4 is 4.90 Å². The highest BCUT2D eigenvalue weighted by atomic mass is 19.4. The van der Waals surface area contributed by atoms with E-state index in [-0.39, 0.29) is 29.6 Å². The molecule has 0 bridgehead atoms. The van der Waals surface area contributed by atoms with Crippen molar-refractivity contribution in [3.63, 3.8) is 0 Å². The SMILES string of the molecule is N#Cc1cc(N2C[C@H]3C[C@H]3C2[C@@H](O)C(F)(F)F)cc(F)c1C#N. The van der Waals surface area contributed by atoms with Crippen molar-refractivity contribution in [1.29, 1.82) is 10.5 Å². The van der Waals surface area contributed by atoms with Gasteiger partial charge < -0.3 is 10.0 Å². The van der Waals surface area contributed by atoms with Gasteiger partial charge in [-0.15, -0.1) is 0 Å². The van der Waals surface area contributed by atoms with E-state index in [1.54, 1.807) is 12.1 Å². The number of aliphatic hydroxyl groups is 1. The topological polar surface area (TPSA) is 71.1 Å². The van der Waals surface area contributed by atoms with Crippen molar-refractivity contribution in [2.45, 2.75) is 24.7 Å². The fourth-order valence-corrected chi connectivity index (χ4v) is 3.34. The first-order chi connectivity index (χ1) is 10.8. The van der Waals surface area contributed by atoms with Gasteiger partial charge in [-0.2, -0.15) is 23.7 Å². The molecule has 1 aromatic rings. The summed E-state index contributed by atoms with van der Waals surface area (Å²) >= 11 is 0. The second kappa shape index (κ2) is 5.10. The zero-order valence-corrected chi connectivity index (χ0v) is 11.7. The van der Waals surface area contributed by atoms with Crippen molar-refractivity contribution in [3.05, 3.63) is 29.1 Å². The standard InChI is InChI=1S/C15H11F4N3O/c16-12-3-9(1-7(4-20)11(12)5-21)22-6-8-2-10(8)13(22)14(23)15(17,18)19/h1,3,8,10,13-14,23H,2,6H2/t8-,10-,13?,14-/m1/s1. The second-order valence-electron chi connectivity index (χ2n) is 5.86. The lowest BCUT2D eigenvalue weighted by atomic mass is 10.0. The van der Waals surface area contributed by atoms with E-state index in [1.807, 2.05) is 0 Å². The van der Waals surface area contributed by atoms with Crippen LogP contribution in [0.1, 0.15) is 17.5 Å². The van der Waals surface area contributed by atoms with Gasteiger partial charge in [0.05, 0.1) is 11.6 Å². The molecule has 2 aliphatic rings. The van der Waals surface area contributed by atoms with Crippen molar-refractivity contribution in [2.24, 2.45) is 11.8 Å². The monoisotopic (exact) mass is 325 g/mol. The van der Waals surface area contributed by atoms with Crippen LogP contribution in [0.4, 0.5) is 23.2 Å². The number of anilines is 1. The fourth-order valence-electron chi connectivity index (χ4n) is 3.34. The first kappa shape index (κ1) is 15.6. The molecule has 2 fully saturated rings. The number of halogens is 4. The van der Waals surface area contributed by atoms with Crippen molar-refractivity contribution in [3.8, 4) is 12.1 Å². The Kier molecular flexibility index (Phi) is 3.46. The summed E-state index contributed by atoms with van der Waals surface area (Å²) in [4.78, 5) is 1.29. The minimum Gasteiger partial charge on any atom is -0.382 e. The van der Waals surface area contributed by atoms with E-state index in [1.165, 1.54) is 11.0 Å². The van der Waals surface area contributed by atoms with Crippen LogP contribution in [0.2, 0.25) is 0 Å². The van der Waals surface area contributed by atoms with Crippen LogP contribution in [0.3, 0.4) is 0 Å². The zero-order chi connectivity index (χ0) is 16.9. The molecule has 1 heterocycles. The minimum atomic E-state index is -4.77. The van der Waals surface area contributed by atoms with Gasteiger partial charge in [0.2, 0.25) is 0 Å². The van der Waals surface area contributed by atoms with Crippen LogP contribution in [0.5, 0.6) is 0 Å². The largest absolute Gasteiger partial charge is 0.416 e. The number of nitriles is 2. The predicted molar refractivity (Wildman–Crippen MR) is 70.6 cm³/mol. The molecule has 4 nitrogen and oxygen atoms in total. The normalized spacial score (nSPS) is 27.1. The van der Waals surface area contributed by atoms with E-state index < -0.39 is 29.7 Å². The summed E-state index contributed by atoms with van der Waals surface area (Å²) in [5, 5.41) is 27.5. The highest BCUT2D eigenvalue weighted by Crippen LogP contribution is 2.53. The number of hydrogen-bond acceptors (Lipinski definition) is 4. The average Bonchev–Trinajstić information content (AvgIpc) is 3.15. The third-order valence-corrected chi connectivity index (χ3v) is 4.50. The minimum absolute atomic E-state index is 0.0289. The Morgan fingerprint density at radius 3 is 2.52 bits per heavy atom. The maximum Gasteiger partial charge on any atom is 0.416 e. The smallest absolute Gasteiger partial charge is 0.382 e. The van der Waals surface area contributed by atoms with Crippen LogP contribution in [-0.4, -0.2) is 30.0 Å². The van der Waals surface area contributed by atoms with Crippen LogP contribution in [0.25, 0.3) is 0 Å². The molecule has 1 aliphatic heterocycles. The van der Waals surface area contributed by atoms with Crippen LogP contribution in [0, 0.1) is 40.3 Å². The first-order valence-corrected chi connectivity index (χ1v) is 6.93. The van der Waals surface area contributed by atoms with Crippen molar-refractivity contribution in [1.82, 2.24) is 0 Å². The maximum atomic E-state index is 13.9. The molecule has 1 unspecified atom stereocenters. The summed E-state index contributed by atoms with van der Waals surface area (Å²) in [6, 6.07) is 4.18. The second-order valence-corrected chi connectivity index (χ2v) is 5.86. The van der Waals surface area contributed by atoms with E-state index in [2.05, 4.69) is 0 Å². The number of aliphatic hydroxyl groups excluding tert-OH is 1. The Morgan fingerprint density at radius 2 is 1.96 bits per heavy atom. The van der Waals surface area contributed by atoms with E-state index in [9.17, 15) is 22.7 Å². The Balaban J connectivity index is 2.00. The van der Waals surface area contributed by atoms with Gasteiger partial charge in [0, 0.05) is 12.2 Å². The Hall–Kier alpha value is -2.32. The quantitative estimate of drug-likeness (QED) is 0.847. The predicted octanol–water partition coefficient (Wildman–Crippen LogP) is 2.32. The Morgan fingerprint density at radius 1 is 1.26 bits per heavy atom. The molecule has 1 aliphatic carbocycles. The Bertz CT molecular complexity index is 734. The Labute approximate surface area is 129 Å². The molecule has 1 N–H and O–H groups in total. The number of nitrogens with zero attached hydrogens (tertiary/aromatic N) is 3. The molecule has 4 atom stereocenters. The number of benzene rings is 1. The molecule has 0 spiro atoms. The summed E-state index contributed by atoms with van der Waals surface area (Å²) in [7, 11) is 0. The van der Waals surface area contributed by atoms with Gasteiger partial charge in [-0.05, 0) is 30.4 Å². The number of piperidine rings is 1. The highest BCUT2D eigenvalue weighted by molar-refractivity contribution is 5.60. The lowest BCUT2D eigenvalue weighted by Crippen LogP contribution is -2.49. The number of hydrogen-bond donors (Lipinski definition) is 1. The van der Waals surface area contributed by atoms with Gasteiger partial charge in [-0.3, -0.25) is 0 Å². The van der Waals surface area contributed by atoms with Crippen LogP contribution >= 0.6 is 0 Å². The molecule has 120 valence electrons. The molecule has 8 heteroatoms. The lowest BCUT2D eigenvalue weighted by Gasteiger charge is -2.34. The average molecular weight is 325 g/mol. The van der Waals surface area contributed by atoms with Gasteiger partial charge in [0.1, 0.15) is 23.5 Å². The van der Waals surface area contributed by atoms with Gasteiger partial charge >= 0.3 is 6.18 Å². The molecule has 0 radical (unpaired) electrons. The van der Waals surface area contributed by atoms with Gasteiger partial charge in [-0.25, -0.2) is 4.39 Å². The van der Waals surface area contributed by atoms with Gasteiger partial charge in [-0.1, -0.05) is 0 Å². The first-order valence-electron chi connectivity index (χ1n) is 6.93. The summed E-state index contributed by atoms with van der Waals surface area (Å²) in [5.41, 5.74) is -0.588. The van der Waals surface area contributed by atoms with Crippen molar-refractivity contribution < 1.29 is 22.7 Å². The molecular weight excluding hydrogens is 314 g/mol. The summed E-state index contributed by atoms with van der Waals surface area (Å²) in [5.74, 6) is -1.22. The van der Waals surface area contributed by atoms with Crippen molar-refractivity contribution >= 4 is 5.69 Å². The molecule has 1 saturated heterocycles. The van der Waals surface area contributed by atoms with E-state index in [0.717, 1.165) is 6.07 Å². The lowest BCUT2D eigenvalue weighted by molar-refractivity contribution is -0.210. The highest BCUT2D eigenvalue weighted by Gasteiger charge is 2.60. The van der Waals surface area contributed by atoms with Crippen molar-refractivity contribution in [2.75, 3.05) is 11.4 Å². The maximum absolute atomic E-state index is 13.9. The fraction of sp³-hybridized carbons (Fsp3) is 0.467. The van der Waals surface area contributed by atoms with Gasteiger partial charge in [0.25, 0.3) is 0 Å². The van der Waals surface area contributed by atoms with E-state index in [4.69, 9.17) is 10.5 Å². The molecule has 1 aromatic carbocycles. The van der Waals surface area contributed by atoms with Crippen LogP contribution in [-0.2, 0) is 0 Å². The molecule has 0 aromatic heterocycles. The van der Waals surface area contributed by atoms with E-state index in [0.29, 0.717) is 6.42 Å². The molecule has 23 heavy (non-hydrogen) atoms. The zero-order valence-electron chi connectivity index (χ0n) is 11.7. The van der Waals surface area contributed by atoms with Crippen LogP contribution in [0.15, 0.2) is 12.1 Å². The summed E-state index contributed by atoms with van der Waals surface area (Å²) in [6.45, 7) is 0.263. The molecular formula is C15H11F4N3O. The third-order valence-electron chi connectivity index (χ3n) is 4.50.